The van der Waals surface area contributed by atoms with Crippen LogP contribution in [0.2, 0.25) is 0 Å². The van der Waals surface area contributed by atoms with Crippen LogP contribution >= 0.6 is 0 Å². The molecule has 0 bridgehead atoms. The number of nitrogens with two attached hydrogens (primary N) is 1. The molecule has 48 heavy (non-hydrogen) atoms. The fourth-order valence-corrected chi connectivity index (χ4v) is 5.29. The van der Waals surface area contributed by atoms with Gasteiger partial charge < -0.3 is 66.4 Å². The van der Waals surface area contributed by atoms with Crippen molar-refractivity contribution in [1.82, 2.24) is 15.1 Å². The number of imide groups is 1. The number of hydrogen-bond acceptors (Lipinski definition) is 18. The number of nitrogens with zero attached hydrogens (tertiary/aromatic N) is 2. The molecule has 2 saturated heterocycles. The van der Waals surface area contributed by atoms with Crippen molar-refractivity contribution in [3.63, 3.8) is 0 Å². The first-order valence-electron chi connectivity index (χ1n) is 13.8. The molecule has 0 saturated carbocycles. The molecule has 2 aromatic carbocycles. The first-order valence-corrected chi connectivity index (χ1v) is 13.8. The molecule has 2 atom stereocenters. The molecule has 0 aliphatic carbocycles. The molecule has 0 spiro atoms. The van der Waals surface area contributed by atoms with Crippen molar-refractivity contribution in [2.45, 2.75) is 67.8 Å². The van der Waals surface area contributed by atoms with Gasteiger partial charge in [0, 0.05) is 35.5 Å². The van der Waals surface area contributed by atoms with Crippen LogP contribution in [0, 0.1) is 5.82 Å². The van der Waals surface area contributed by atoms with Gasteiger partial charge in [-0.15, -0.1) is 0 Å². The number of morpholine rings is 1. The van der Waals surface area contributed by atoms with Gasteiger partial charge in [-0.2, -0.15) is 4.90 Å². The van der Waals surface area contributed by atoms with Crippen molar-refractivity contribution in [1.29, 1.82) is 0 Å². The van der Waals surface area contributed by atoms with Gasteiger partial charge in [0.2, 0.25) is 11.4 Å². The van der Waals surface area contributed by atoms with Gasteiger partial charge in [0.05, 0.1) is 6.54 Å². The summed E-state index contributed by atoms with van der Waals surface area (Å²) in [5, 5.41) is 111. The molecule has 0 radical (unpaired) electrons. The van der Waals surface area contributed by atoms with Crippen LogP contribution in [0.15, 0.2) is 42.5 Å². The van der Waals surface area contributed by atoms with E-state index in [4.69, 9.17) is 5.73 Å². The molecule has 21 heteroatoms. The Morgan fingerprint density at radius 1 is 0.896 bits per heavy atom. The molecule has 2 unspecified atom stereocenters. The molecule has 2 aromatic rings. The maximum atomic E-state index is 13.9. The third-order valence-electron chi connectivity index (χ3n) is 8.20. The average Bonchev–Trinajstić information content (AvgIpc) is 3.31. The van der Waals surface area contributed by atoms with Crippen LogP contribution in [-0.2, 0) is 27.4 Å². The van der Waals surface area contributed by atoms with Crippen molar-refractivity contribution >= 4 is 23.4 Å². The third-order valence-corrected chi connectivity index (χ3v) is 8.20. The van der Waals surface area contributed by atoms with Crippen molar-refractivity contribution in [2.24, 2.45) is 5.73 Å². The zero-order valence-corrected chi connectivity index (χ0v) is 25.1. The van der Waals surface area contributed by atoms with Gasteiger partial charge in [-0.05, 0) is 25.1 Å². The maximum Gasteiger partial charge on any atom is 0.354 e. The van der Waals surface area contributed by atoms with Crippen LogP contribution in [-0.4, -0.2) is 131 Å². The van der Waals surface area contributed by atoms with E-state index in [1.807, 2.05) is 0 Å². The second kappa shape index (κ2) is 11.7. The van der Waals surface area contributed by atoms with E-state index in [-0.39, 0.29) is 17.0 Å². The highest BCUT2D eigenvalue weighted by Gasteiger charge is 2.75. The van der Waals surface area contributed by atoms with Crippen LogP contribution in [0.3, 0.4) is 0 Å². The monoisotopic (exact) mass is 687 g/mol. The number of fused-ring (bicyclic) bond motifs is 1. The predicted molar refractivity (Wildman–Crippen MR) is 150 cm³/mol. The van der Waals surface area contributed by atoms with E-state index >= 15 is 0 Å². The first-order chi connectivity index (χ1) is 21.8. The smallest absolute Gasteiger partial charge is 0.354 e. The summed E-state index contributed by atoms with van der Waals surface area (Å²) >= 11 is 0. The molecule has 3 aliphatic rings. The Hall–Kier alpha value is -3.78. The Labute approximate surface area is 268 Å². The number of rotatable bonds is 5. The van der Waals surface area contributed by atoms with Gasteiger partial charge in [0.1, 0.15) is 5.82 Å². The molecule has 2 fully saturated rings. The van der Waals surface area contributed by atoms with Crippen molar-refractivity contribution in [2.75, 3.05) is 11.9 Å². The number of carbonyl (C=O) groups is 3. The number of halogens is 1. The second-order valence-corrected chi connectivity index (χ2v) is 11.3. The number of anilines is 1. The van der Waals surface area contributed by atoms with Gasteiger partial charge in [-0.25, -0.2) is 4.39 Å². The molecule has 3 amide bonds. The largest absolute Gasteiger partial charge is 0.381 e. The predicted octanol–water partition coefficient (Wildman–Crippen LogP) is -5.97. The molecule has 5 rings (SSSR count). The quantitative estimate of drug-likeness (QED) is 0.103. The van der Waals surface area contributed by atoms with Crippen LogP contribution < -0.4 is 16.4 Å². The lowest BCUT2D eigenvalue weighted by atomic mass is 9.84. The van der Waals surface area contributed by atoms with E-state index in [0.717, 1.165) is 0 Å². The average molecular weight is 688 g/mol. The summed E-state index contributed by atoms with van der Waals surface area (Å²) < 4.78 is 18.0. The molecule has 3 heterocycles. The lowest BCUT2D eigenvalue weighted by molar-refractivity contribution is -0.622. The van der Waals surface area contributed by atoms with Crippen LogP contribution in [0.4, 0.5) is 10.1 Å². The summed E-state index contributed by atoms with van der Waals surface area (Å²) in [6.45, 7) is 1.15. The number of amides is 3. The lowest BCUT2D eigenvalue weighted by Gasteiger charge is -2.56. The molecule has 264 valence electrons. The Morgan fingerprint density at radius 2 is 1.50 bits per heavy atom. The third kappa shape index (κ3) is 5.31. The Kier molecular flexibility index (Phi) is 9.01. The van der Waals surface area contributed by atoms with Gasteiger partial charge >= 0.3 is 17.7 Å². The van der Waals surface area contributed by atoms with Gasteiger partial charge in [-0.1, -0.05) is 31.2 Å². The summed E-state index contributed by atoms with van der Waals surface area (Å²) in [6, 6.07) is 10.5. The Bertz CT molecular complexity index is 1610. The summed E-state index contributed by atoms with van der Waals surface area (Å²) in [6.07, 6.45) is 0. The van der Waals surface area contributed by atoms with Crippen LogP contribution in [0.25, 0.3) is 0 Å². The van der Waals surface area contributed by atoms with E-state index in [0.29, 0.717) is 28.6 Å². The second-order valence-electron chi connectivity index (χ2n) is 11.3. The van der Waals surface area contributed by atoms with Gasteiger partial charge in [0.25, 0.3) is 29.4 Å². The molecule has 3 aliphatic heterocycles. The fraction of sp³-hybridized carbons (Fsp3) is 0.444. The molecular weight excluding hydrogens is 653 g/mol. The molecular formula is C27H34FN5O15. The minimum Gasteiger partial charge on any atom is -0.381 e. The molecule has 0 aromatic heterocycles. The topological polar surface area (TPSA) is 340 Å². The number of likely N-dealkylation sites (N-methyl/N-ethyl adjacent to an activating group) is 1. The SMILES string of the molecule is CCN1C(O)(O)C(C)(O)OC(O)(O)C1(O)O.NC1(N2Cc3c(NCc4ccccc4F)cccc3C2=O)C(=O)NC(=O)C(O)(O)C1(O)O. The molecule has 20 nitrogen and oxygen atoms in total. The zero-order chi connectivity index (χ0) is 36.5. The number of aliphatic hydroxyl groups is 11. The zero-order valence-electron chi connectivity index (χ0n) is 25.1. The summed E-state index contributed by atoms with van der Waals surface area (Å²) in [5.74, 6) is -25.7. The van der Waals surface area contributed by atoms with Gasteiger partial charge in [0.15, 0.2) is 0 Å². The summed E-state index contributed by atoms with van der Waals surface area (Å²) in [5.41, 5.74) is 3.80. The van der Waals surface area contributed by atoms with Crippen LogP contribution in [0.5, 0.6) is 0 Å². The van der Waals surface area contributed by atoms with E-state index in [1.54, 1.807) is 18.2 Å². The number of hydrogen-bond donors (Lipinski definition) is 14. The number of piperidine rings is 1. The van der Waals surface area contributed by atoms with E-state index in [1.165, 1.54) is 36.5 Å². The highest BCUT2D eigenvalue weighted by Crippen LogP contribution is 2.42. The normalized spacial score (nSPS) is 28.2. The fourth-order valence-electron chi connectivity index (χ4n) is 5.29. The summed E-state index contributed by atoms with van der Waals surface area (Å²) in [7, 11) is 0. The minimum absolute atomic E-state index is 0.0374. The van der Waals surface area contributed by atoms with E-state index < -0.39 is 77.4 Å². The lowest BCUT2D eigenvalue weighted by Crippen LogP contribution is -2.88. The van der Waals surface area contributed by atoms with Crippen molar-refractivity contribution < 1.29 is 79.7 Å². The number of benzene rings is 2. The first kappa shape index (κ1) is 37.0. The highest BCUT2D eigenvalue weighted by atomic mass is 19.1. The van der Waals surface area contributed by atoms with Crippen molar-refractivity contribution in [3.8, 4) is 0 Å². The highest BCUT2D eigenvalue weighted by molar-refractivity contribution is 6.10. The Morgan fingerprint density at radius 3 is 2.08 bits per heavy atom. The maximum absolute atomic E-state index is 13.9. The van der Waals surface area contributed by atoms with Crippen LogP contribution in [0.1, 0.15) is 35.3 Å². The Balaban J connectivity index is 0.000000274. The van der Waals surface area contributed by atoms with E-state index in [2.05, 4.69) is 10.1 Å². The number of carbonyl (C=O) groups excluding carboxylic acids is 3. The minimum atomic E-state index is -3.95. The summed E-state index contributed by atoms with van der Waals surface area (Å²) in [4.78, 5) is 37.8. The standard InChI is InChI=1S/C20H19FN4O7.C7H15NO8/c21-13-6-2-1-4-10(13)8-23-14-7-3-5-11-12(14)9-25(15(11)26)18(22)16(27)24-17(28)19(29,30)20(18,31)32;1-3-8-5(10,11)4(2,9)16-7(14,15)6(8,12)13/h1-7,23,29-32H,8-9,22H2,(H,24,27,28);9-15H,3H2,1-2H3. The number of ether oxygens (including phenoxy) is 1. The van der Waals surface area contributed by atoms with Gasteiger partial charge in [-0.3, -0.25) is 30.2 Å². The number of nitrogens with one attached hydrogen (secondary N) is 2. The van der Waals surface area contributed by atoms with Crippen molar-refractivity contribution in [3.05, 3.63) is 65.0 Å². The van der Waals surface area contributed by atoms with E-state index in [9.17, 15) is 74.9 Å². The molecule has 15 N–H and O–H groups in total.